The second-order valence-corrected chi connectivity index (χ2v) is 8.39. The Labute approximate surface area is 173 Å². The van der Waals surface area contributed by atoms with Crippen LogP contribution in [0.3, 0.4) is 0 Å². The molecule has 1 aromatic carbocycles. The molecule has 1 saturated carbocycles. The molecule has 7 nitrogen and oxygen atoms in total. The molecular weight excluding hydrogens is 370 g/mol. The molecule has 160 valence electrons. The van der Waals surface area contributed by atoms with E-state index in [9.17, 15) is 9.59 Å². The van der Waals surface area contributed by atoms with Crippen LogP contribution in [0.25, 0.3) is 0 Å². The molecular formula is C22H33N3O4. The predicted octanol–water partition coefficient (Wildman–Crippen LogP) is 2.52. The Morgan fingerprint density at radius 2 is 2.07 bits per heavy atom. The van der Waals surface area contributed by atoms with Gasteiger partial charge in [-0.3, -0.25) is 9.59 Å². The average molecular weight is 404 g/mol. The van der Waals surface area contributed by atoms with Crippen LogP contribution in [0, 0.1) is 11.8 Å². The van der Waals surface area contributed by atoms with E-state index in [-0.39, 0.29) is 35.8 Å². The lowest BCUT2D eigenvalue weighted by molar-refractivity contribution is -0.122. The lowest BCUT2D eigenvalue weighted by atomic mass is 9.85. The predicted molar refractivity (Wildman–Crippen MR) is 112 cm³/mol. The minimum atomic E-state index is -0.118. The third-order valence-corrected chi connectivity index (χ3v) is 5.97. The third kappa shape index (κ3) is 5.28. The molecule has 0 aromatic heterocycles. The van der Waals surface area contributed by atoms with Crippen molar-refractivity contribution < 1.29 is 19.1 Å². The number of hydrogen-bond donors (Lipinski definition) is 2. The van der Waals surface area contributed by atoms with Gasteiger partial charge in [-0.05, 0) is 37.8 Å². The number of amides is 2. The van der Waals surface area contributed by atoms with Gasteiger partial charge in [0.25, 0.3) is 5.91 Å². The fourth-order valence-electron chi connectivity index (χ4n) is 3.65. The van der Waals surface area contributed by atoms with Crippen LogP contribution < -0.4 is 15.4 Å². The number of benzene rings is 1. The Kier molecular flexibility index (Phi) is 7.14. The summed E-state index contributed by atoms with van der Waals surface area (Å²) in [6, 6.07) is 5.38. The Bertz CT molecular complexity index is 735. The number of likely N-dealkylation sites (N-methyl/N-ethyl adjacent to an activating group) is 1. The number of nitrogens with one attached hydrogen (secondary N) is 2. The number of nitrogens with zero attached hydrogens (tertiary/aromatic N) is 1. The van der Waals surface area contributed by atoms with Crippen LogP contribution in [-0.4, -0.2) is 62.7 Å². The van der Waals surface area contributed by atoms with Gasteiger partial charge in [0.15, 0.2) is 0 Å². The Morgan fingerprint density at radius 3 is 2.72 bits per heavy atom. The highest BCUT2D eigenvalue weighted by Crippen LogP contribution is 2.30. The molecule has 1 heterocycles. The van der Waals surface area contributed by atoms with Gasteiger partial charge in [-0.1, -0.05) is 13.3 Å². The van der Waals surface area contributed by atoms with Crippen LogP contribution in [-0.2, 0) is 9.53 Å². The molecule has 0 saturated heterocycles. The Balaban J connectivity index is 1.84. The van der Waals surface area contributed by atoms with Gasteiger partial charge in [-0.15, -0.1) is 0 Å². The summed E-state index contributed by atoms with van der Waals surface area (Å²) in [7, 11) is 3.46. The third-order valence-electron chi connectivity index (χ3n) is 5.97. The molecule has 1 aliphatic heterocycles. The first-order chi connectivity index (χ1) is 13.9. The second-order valence-electron chi connectivity index (χ2n) is 8.39. The number of carbonyl (C=O) groups is 2. The zero-order chi connectivity index (χ0) is 21.0. The largest absolute Gasteiger partial charge is 0.491 e. The van der Waals surface area contributed by atoms with Crippen LogP contribution in [0.4, 0.5) is 5.69 Å². The van der Waals surface area contributed by atoms with Crippen molar-refractivity contribution in [1.29, 1.82) is 0 Å². The summed E-state index contributed by atoms with van der Waals surface area (Å²) in [6.07, 6.45) is 2.93. The van der Waals surface area contributed by atoms with Crippen molar-refractivity contribution in [1.82, 2.24) is 10.2 Å². The molecule has 1 fully saturated rings. The number of fused-ring (bicyclic) bond motifs is 1. The van der Waals surface area contributed by atoms with E-state index in [1.54, 1.807) is 37.3 Å². The molecule has 2 N–H and O–H groups in total. The van der Waals surface area contributed by atoms with Crippen LogP contribution in [0.1, 0.15) is 43.5 Å². The molecule has 2 aliphatic rings. The first-order valence-corrected chi connectivity index (χ1v) is 10.5. The summed E-state index contributed by atoms with van der Waals surface area (Å²) in [5, 5.41) is 6.43. The van der Waals surface area contributed by atoms with Crippen LogP contribution in [0.5, 0.6) is 5.75 Å². The maximum atomic E-state index is 13.1. The van der Waals surface area contributed by atoms with E-state index in [1.165, 1.54) is 0 Å². The fraction of sp³-hybridized carbons (Fsp3) is 0.636. The van der Waals surface area contributed by atoms with Gasteiger partial charge < -0.3 is 25.0 Å². The zero-order valence-electron chi connectivity index (χ0n) is 17.9. The Hall–Kier alpha value is -2.12. The quantitative estimate of drug-likeness (QED) is 0.811. The summed E-state index contributed by atoms with van der Waals surface area (Å²) >= 11 is 0. The highest BCUT2D eigenvalue weighted by Gasteiger charge is 2.27. The normalized spacial score (nSPS) is 26.4. The first-order valence-electron chi connectivity index (χ1n) is 10.5. The topological polar surface area (TPSA) is 79.9 Å². The van der Waals surface area contributed by atoms with Crippen LogP contribution >= 0.6 is 0 Å². The first kappa shape index (κ1) is 21.6. The highest BCUT2D eigenvalue weighted by atomic mass is 16.5. The van der Waals surface area contributed by atoms with Crippen molar-refractivity contribution in [2.75, 3.05) is 39.2 Å². The van der Waals surface area contributed by atoms with Crippen molar-refractivity contribution in [3.8, 4) is 5.75 Å². The average Bonchev–Trinajstić information content (AvgIpc) is 2.65. The Morgan fingerprint density at radius 1 is 1.31 bits per heavy atom. The van der Waals surface area contributed by atoms with E-state index in [2.05, 4.69) is 24.5 Å². The molecule has 0 radical (unpaired) electrons. The van der Waals surface area contributed by atoms with Crippen LogP contribution in [0.15, 0.2) is 18.2 Å². The molecule has 0 spiro atoms. The zero-order valence-corrected chi connectivity index (χ0v) is 17.9. The van der Waals surface area contributed by atoms with Crippen molar-refractivity contribution >= 4 is 17.5 Å². The van der Waals surface area contributed by atoms with E-state index >= 15 is 0 Å². The minimum absolute atomic E-state index is 0.0414. The fourth-order valence-corrected chi connectivity index (χ4v) is 3.65. The maximum Gasteiger partial charge on any atom is 0.257 e. The van der Waals surface area contributed by atoms with Crippen LogP contribution in [0.2, 0.25) is 0 Å². The van der Waals surface area contributed by atoms with E-state index in [1.807, 2.05) is 0 Å². The molecule has 3 atom stereocenters. The standard InChI is InChI=1S/C22H33N3O4/c1-14-11-23-15(2)13-29-19-10-17(24-21(26)16-6-5-7-16)8-9-18(19)22(27)25(3)12-20(14)28-4/h8-10,14-16,20,23H,5-7,11-13H2,1-4H3,(H,24,26)/t14-,15-,20+/m1/s1. The van der Waals surface area contributed by atoms with Gasteiger partial charge in [0, 0.05) is 51.0 Å². The van der Waals surface area contributed by atoms with Gasteiger partial charge in [-0.2, -0.15) is 0 Å². The van der Waals surface area contributed by atoms with Gasteiger partial charge >= 0.3 is 0 Å². The van der Waals surface area contributed by atoms with Gasteiger partial charge in [-0.25, -0.2) is 0 Å². The smallest absolute Gasteiger partial charge is 0.257 e. The van der Waals surface area contributed by atoms with Crippen molar-refractivity contribution in [3.05, 3.63) is 23.8 Å². The van der Waals surface area contributed by atoms with Gasteiger partial charge in [0.05, 0.1) is 11.7 Å². The second kappa shape index (κ2) is 9.59. The molecule has 29 heavy (non-hydrogen) atoms. The van der Waals surface area contributed by atoms with E-state index < -0.39 is 0 Å². The maximum absolute atomic E-state index is 13.1. The van der Waals surface area contributed by atoms with Gasteiger partial charge in [0.1, 0.15) is 12.4 Å². The number of hydrogen-bond acceptors (Lipinski definition) is 5. The number of anilines is 1. The molecule has 0 unspecified atom stereocenters. The van der Waals surface area contributed by atoms with Crippen molar-refractivity contribution in [2.24, 2.45) is 11.8 Å². The molecule has 7 heteroatoms. The molecule has 0 bridgehead atoms. The molecule has 1 aliphatic carbocycles. The number of methoxy groups -OCH3 is 1. The molecule has 1 aromatic rings. The van der Waals surface area contributed by atoms with Crippen molar-refractivity contribution in [3.63, 3.8) is 0 Å². The lowest BCUT2D eigenvalue weighted by Gasteiger charge is -2.30. The van der Waals surface area contributed by atoms with E-state index in [0.29, 0.717) is 30.2 Å². The number of rotatable bonds is 3. The van der Waals surface area contributed by atoms with E-state index in [0.717, 1.165) is 25.8 Å². The van der Waals surface area contributed by atoms with Crippen molar-refractivity contribution in [2.45, 2.75) is 45.3 Å². The van der Waals surface area contributed by atoms with E-state index in [4.69, 9.17) is 9.47 Å². The summed E-state index contributed by atoms with van der Waals surface area (Å²) < 4.78 is 11.6. The van der Waals surface area contributed by atoms with Gasteiger partial charge in [0.2, 0.25) is 5.91 Å². The monoisotopic (exact) mass is 403 g/mol. The number of ether oxygens (including phenoxy) is 2. The highest BCUT2D eigenvalue weighted by molar-refractivity contribution is 5.99. The SMILES string of the molecule is CO[C@H]1CN(C)C(=O)c2ccc(NC(=O)C3CCC3)cc2OC[C@@H](C)NC[C@H]1C. The minimum Gasteiger partial charge on any atom is -0.491 e. The lowest BCUT2D eigenvalue weighted by Crippen LogP contribution is -2.44. The molecule has 3 rings (SSSR count). The number of carbonyl (C=O) groups excluding carboxylic acids is 2. The summed E-state index contributed by atoms with van der Waals surface area (Å²) in [4.78, 5) is 27.0. The molecule has 2 amide bonds. The summed E-state index contributed by atoms with van der Waals surface area (Å²) in [5.74, 6) is 0.763. The summed E-state index contributed by atoms with van der Waals surface area (Å²) in [5.41, 5.74) is 1.15. The summed E-state index contributed by atoms with van der Waals surface area (Å²) in [6.45, 7) is 5.86.